The number of rotatable bonds is 8. The Bertz CT molecular complexity index is 940. The van der Waals surface area contributed by atoms with E-state index in [1.165, 1.54) is 0 Å². The summed E-state index contributed by atoms with van der Waals surface area (Å²) in [5.41, 5.74) is 3.26. The van der Waals surface area contributed by atoms with Crippen LogP contribution in [0, 0.1) is 0 Å². The summed E-state index contributed by atoms with van der Waals surface area (Å²) in [5.74, 6) is 1.16. The molecule has 3 aromatic rings. The Hall–Kier alpha value is -3.45. The lowest BCUT2D eigenvalue weighted by molar-refractivity contribution is 0.0951. The van der Waals surface area contributed by atoms with Gasteiger partial charge in [-0.15, -0.1) is 0 Å². The number of aromatic nitrogens is 2. The first kappa shape index (κ1) is 20.3. The van der Waals surface area contributed by atoms with E-state index < -0.39 is 0 Å². The highest BCUT2D eigenvalue weighted by Crippen LogP contribution is 2.22. The standard InChI is InChI=1S/C22H25N5O2/c1-27(2)12-11-23-21(28)17-5-4-6-19(13-17)26-22-24-14-18(15-25-22)16-7-9-20(29-3)10-8-16/h4-10,13-15H,11-12H2,1-3H3,(H,23,28)(H,24,25,26). The van der Waals surface area contributed by atoms with Gasteiger partial charge in [-0.2, -0.15) is 0 Å². The van der Waals surface area contributed by atoms with E-state index in [4.69, 9.17) is 4.74 Å². The number of amides is 1. The van der Waals surface area contributed by atoms with Crippen molar-refractivity contribution in [2.75, 3.05) is 39.6 Å². The maximum atomic E-state index is 12.3. The van der Waals surface area contributed by atoms with Gasteiger partial charge in [0.15, 0.2) is 0 Å². The number of benzene rings is 2. The zero-order valence-electron chi connectivity index (χ0n) is 16.8. The first-order valence-corrected chi connectivity index (χ1v) is 9.31. The van der Waals surface area contributed by atoms with Crippen molar-refractivity contribution in [2.45, 2.75) is 0 Å². The number of nitrogens with one attached hydrogen (secondary N) is 2. The second kappa shape index (κ2) is 9.66. The van der Waals surface area contributed by atoms with Crippen LogP contribution >= 0.6 is 0 Å². The zero-order chi connectivity index (χ0) is 20.6. The predicted octanol–water partition coefficient (Wildman–Crippen LogP) is 3.19. The van der Waals surface area contributed by atoms with Gasteiger partial charge in [0.05, 0.1) is 7.11 Å². The Morgan fingerprint density at radius 2 is 1.76 bits per heavy atom. The molecule has 1 amide bonds. The molecule has 0 fully saturated rings. The zero-order valence-corrected chi connectivity index (χ0v) is 16.8. The van der Waals surface area contributed by atoms with Crippen molar-refractivity contribution in [1.29, 1.82) is 0 Å². The second-order valence-electron chi connectivity index (χ2n) is 6.79. The fraction of sp³-hybridized carbons (Fsp3) is 0.227. The summed E-state index contributed by atoms with van der Waals surface area (Å²) in [4.78, 5) is 23.1. The van der Waals surface area contributed by atoms with Crippen LogP contribution in [0.15, 0.2) is 60.9 Å². The van der Waals surface area contributed by atoms with E-state index in [1.807, 2.05) is 55.4 Å². The van der Waals surface area contributed by atoms with E-state index in [2.05, 4.69) is 20.6 Å². The van der Waals surface area contributed by atoms with Crippen LogP contribution in [0.2, 0.25) is 0 Å². The molecule has 0 saturated heterocycles. The number of methoxy groups -OCH3 is 1. The van der Waals surface area contributed by atoms with Gasteiger partial charge in [0.25, 0.3) is 5.91 Å². The molecule has 1 aromatic heterocycles. The van der Waals surface area contributed by atoms with Crippen LogP contribution in [-0.2, 0) is 0 Å². The SMILES string of the molecule is COc1ccc(-c2cnc(Nc3cccc(C(=O)NCCN(C)C)c3)nc2)cc1. The van der Waals surface area contributed by atoms with Crippen molar-refractivity contribution in [3.8, 4) is 16.9 Å². The van der Waals surface area contributed by atoms with Crippen molar-refractivity contribution in [3.05, 3.63) is 66.5 Å². The molecular formula is C22H25N5O2. The van der Waals surface area contributed by atoms with Gasteiger partial charge in [-0.25, -0.2) is 9.97 Å². The maximum Gasteiger partial charge on any atom is 0.251 e. The van der Waals surface area contributed by atoms with Crippen molar-refractivity contribution >= 4 is 17.5 Å². The van der Waals surface area contributed by atoms with Gasteiger partial charge in [-0.1, -0.05) is 18.2 Å². The van der Waals surface area contributed by atoms with Gasteiger partial charge in [0, 0.05) is 42.3 Å². The number of carbonyl (C=O) groups is 1. The molecule has 7 nitrogen and oxygen atoms in total. The first-order chi connectivity index (χ1) is 14.0. The lowest BCUT2D eigenvalue weighted by atomic mass is 10.1. The molecule has 150 valence electrons. The van der Waals surface area contributed by atoms with Gasteiger partial charge < -0.3 is 20.3 Å². The van der Waals surface area contributed by atoms with Crippen LogP contribution in [0.1, 0.15) is 10.4 Å². The summed E-state index contributed by atoms with van der Waals surface area (Å²) in [6.07, 6.45) is 3.52. The van der Waals surface area contributed by atoms with Gasteiger partial charge in [-0.3, -0.25) is 4.79 Å². The average Bonchev–Trinajstić information content (AvgIpc) is 2.74. The normalized spacial score (nSPS) is 10.6. The molecular weight excluding hydrogens is 366 g/mol. The largest absolute Gasteiger partial charge is 0.497 e. The molecule has 0 radical (unpaired) electrons. The molecule has 0 aliphatic carbocycles. The number of anilines is 2. The minimum Gasteiger partial charge on any atom is -0.497 e. The number of hydrogen-bond donors (Lipinski definition) is 2. The lowest BCUT2D eigenvalue weighted by Gasteiger charge is -2.11. The van der Waals surface area contributed by atoms with Crippen molar-refractivity contribution in [2.24, 2.45) is 0 Å². The molecule has 0 atom stereocenters. The molecule has 0 saturated carbocycles. The van der Waals surface area contributed by atoms with Crippen LogP contribution in [0.5, 0.6) is 5.75 Å². The molecule has 29 heavy (non-hydrogen) atoms. The monoisotopic (exact) mass is 391 g/mol. The Balaban J connectivity index is 1.64. The number of nitrogens with zero attached hydrogens (tertiary/aromatic N) is 3. The van der Waals surface area contributed by atoms with Gasteiger partial charge >= 0.3 is 0 Å². The summed E-state index contributed by atoms with van der Waals surface area (Å²) >= 11 is 0. The minimum absolute atomic E-state index is 0.105. The highest BCUT2D eigenvalue weighted by atomic mass is 16.5. The highest BCUT2D eigenvalue weighted by molar-refractivity contribution is 5.95. The van der Waals surface area contributed by atoms with Crippen LogP contribution in [-0.4, -0.2) is 55.1 Å². The summed E-state index contributed by atoms with van der Waals surface area (Å²) < 4.78 is 5.18. The van der Waals surface area contributed by atoms with Gasteiger partial charge in [0.2, 0.25) is 5.95 Å². The third kappa shape index (κ3) is 5.76. The van der Waals surface area contributed by atoms with E-state index in [-0.39, 0.29) is 5.91 Å². The van der Waals surface area contributed by atoms with E-state index in [9.17, 15) is 4.79 Å². The molecule has 2 aromatic carbocycles. The summed E-state index contributed by atoms with van der Waals surface area (Å²) in [6.45, 7) is 1.39. The Labute approximate surface area is 170 Å². The third-order valence-electron chi connectivity index (χ3n) is 4.30. The molecule has 0 spiro atoms. The van der Waals surface area contributed by atoms with E-state index >= 15 is 0 Å². The molecule has 0 aliphatic heterocycles. The van der Waals surface area contributed by atoms with Crippen LogP contribution in [0.3, 0.4) is 0 Å². The number of ether oxygens (including phenoxy) is 1. The Kier molecular flexibility index (Phi) is 6.76. The predicted molar refractivity (Wildman–Crippen MR) is 115 cm³/mol. The maximum absolute atomic E-state index is 12.3. The first-order valence-electron chi connectivity index (χ1n) is 9.31. The summed E-state index contributed by atoms with van der Waals surface area (Å²) in [5, 5.41) is 6.05. The highest BCUT2D eigenvalue weighted by Gasteiger charge is 2.07. The van der Waals surface area contributed by atoms with Crippen molar-refractivity contribution in [1.82, 2.24) is 20.2 Å². The molecule has 0 unspecified atom stereocenters. The van der Waals surface area contributed by atoms with Gasteiger partial charge in [0.1, 0.15) is 5.75 Å². The lowest BCUT2D eigenvalue weighted by Crippen LogP contribution is -2.31. The van der Waals surface area contributed by atoms with E-state index in [1.54, 1.807) is 31.6 Å². The minimum atomic E-state index is -0.105. The Morgan fingerprint density at radius 3 is 2.41 bits per heavy atom. The summed E-state index contributed by atoms with van der Waals surface area (Å²) in [7, 11) is 5.58. The van der Waals surface area contributed by atoms with Crippen LogP contribution < -0.4 is 15.4 Å². The fourth-order valence-corrected chi connectivity index (χ4v) is 2.69. The van der Waals surface area contributed by atoms with Crippen LogP contribution in [0.4, 0.5) is 11.6 Å². The Morgan fingerprint density at radius 1 is 1.03 bits per heavy atom. The number of likely N-dealkylation sites (N-methyl/N-ethyl adjacent to an activating group) is 1. The van der Waals surface area contributed by atoms with E-state index in [0.29, 0.717) is 18.1 Å². The molecule has 0 aliphatic rings. The molecule has 1 heterocycles. The molecule has 2 N–H and O–H groups in total. The molecule has 7 heteroatoms. The van der Waals surface area contributed by atoms with Crippen molar-refractivity contribution in [3.63, 3.8) is 0 Å². The number of carbonyl (C=O) groups excluding carboxylic acids is 1. The topological polar surface area (TPSA) is 79.4 Å². The fourth-order valence-electron chi connectivity index (χ4n) is 2.69. The molecule has 0 bridgehead atoms. The smallest absolute Gasteiger partial charge is 0.251 e. The quantitative estimate of drug-likeness (QED) is 0.614. The molecule has 3 rings (SSSR count). The third-order valence-corrected chi connectivity index (χ3v) is 4.30. The number of hydrogen-bond acceptors (Lipinski definition) is 6. The van der Waals surface area contributed by atoms with Crippen molar-refractivity contribution < 1.29 is 9.53 Å². The second-order valence-corrected chi connectivity index (χ2v) is 6.79. The van der Waals surface area contributed by atoms with E-state index in [0.717, 1.165) is 29.1 Å². The van der Waals surface area contributed by atoms with Crippen LogP contribution in [0.25, 0.3) is 11.1 Å². The van der Waals surface area contributed by atoms with Gasteiger partial charge in [-0.05, 0) is 50.0 Å². The summed E-state index contributed by atoms with van der Waals surface area (Å²) in [6, 6.07) is 15.0. The average molecular weight is 391 g/mol.